The third-order valence-corrected chi connectivity index (χ3v) is 19.6. The van der Waals surface area contributed by atoms with Crippen LogP contribution in [0.2, 0.25) is 0 Å². The zero-order chi connectivity index (χ0) is 77.4. The van der Waals surface area contributed by atoms with E-state index in [1.807, 2.05) is 12.2 Å². The molecule has 0 radical (unpaired) electrons. The van der Waals surface area contributed by atoms with Crippen LogP contribution in [0, 0.1) is 0 Å². The van der Waals surface area contributed by atoms with Crippen molar-refractivity contribution >= 4 is 39.5 Å². The molecular weight excluding hydrogens is 1380 g/mol. The Hall–Kier alpha value is -4.28. The van der Waals surface area contributed by atoms with E-state index in [4.69, 9.17) is 37.0 Å². The Balaban J connectivity index is 5.40. The topological polar surface area (TPSA) is 237 Å². The predicted molar refractivity (Wildman–Crippen MR) is 436 cm³/mol. The molecule has 0 aliphatic carbocycles. The molecule has 106 heavy (non-hydrogen) atoms. The van der Waals surface area contributed by atoms with Crippen LogP contribution >= 0.6 is 15.6 Å². The molecule has 0 fully saturated rings. The molecule has 0 aliphatic heterocycles. The number of hydrogen-bond acceptors (Lipinski definition) is 15. The van der Waals surface area contributed by atoms with Gasteiger partial charge in [-0.05, 0) is 128 Å². The van der Waals surface area contributed by atoms with Gasteiger partial charge in [-0.15, -0.1) is 0 Å². The number of ether oxygens (including phenoxy) is 4. The van der Waals surface area contributed by atoms with Gasteiger partial charge in [-0.3, -0.25) is 37.3 Å². The summed E-state index contributed by atoms with van der Waals surface area (Å²) in [6.45, 7) is 4.70. The van der Waals surface area contributed by atoms with Crippen LogP contribution in [-0.4, -0.2) is 96.7 Å². The van der Waals surface area contributed by atoms with Gasteiger partial charge in [0.25, 0.3) is 0 Å². The van der Waals surface area contributed by atoms with Crippen molar-refractivity contribution in [1.29, 1.82) is 0 Å². The molecular formula is C87H152O17P2. The lowest BCUT2D eigenvalue weighted by molar-refractivity contribution is -0.161. The molecule has 612 valence electrons. The van der Waals surface area contributed by atoms with Crippen LogP contribution in [0.3, 0.4) is 0 Å². The van der Waals surface area contributed by atoms with E-state index in [-0.39, 0.29) is 25.7 Å². The van der Waals surface area contributed by atoms with Crippen molar-refractivity contribution in [3.05, 3.63) is 109 Å². The summed E-state index contributed by atoms with van der Waals surface area (Å²) in [6, 6.07) is 0. The molecule has 0 aliphatic rings. The molecule has 0 bridgehead atoms. The van der Waals surface area contributed by atoms with Crippen molar-refractivity contribution in [3.63, 3.8) is 0 Å². The molecule has 17 nitrogen and oxygen atoms in total. The second-order valence-electron chi connectivity index (χ2n) is 28.0. The largest absolute Gasteiger partial charge is 0.472 e. The maximum absolute atomic E-state index is 13.1. The minimum atomic E-state index is -4.99. The van der Waals surface area contributed by atoms with Crippen LogP contribution in [0.4, 0.5) is 0 Å². The fourth-order valence-electron chi connectivity index (χ4n) is 11.3. The standard InChI is InChI=1S/C87H152O17P2/c1-5-9-13-17-21-25-29-33-37-39-40-42-46-48-52-56-60-64-68-72-85(90)98-78-83(104-87(92)74-70-66-62-58-54-50-44-36-32-28-24-20-16-12-8-4)80-102-106(95,96)100-76-81(88)75-99-105(93,94)101-79-82(103-86(91)73-69-65-61-57-53-49-43-35-31-27-23-19-15-11-7-3)77-97-84(89)71-67-63-59-55-51-47-45-41-38-34-30-26-22-18-14-10-6-2/h10,14,21-22,25-26,33-34,36-38,40,42,44-45,47,55,59,81-83,88H,5-9,11-13,15-20,23-24,27-32,35,39,41,43,46,48-54,56-58,60-80H2,1-4H3,(H,93,94)(H,95,96)/b14-10-,25-21-,26-22-,37-33-,38-34-,42-40-,44-36-,47-45-,59-55-. The van der Waals surface area contributed by atoms with Crippen LogP contribution in [0.15, 0.2) is 109 Å². The number of rotatable bonds is 79. The first-order chi connectivity index (χ1) is 51.7. The molecule has 5 atom stereocenters. The SMILES string of the molecule is CC/C=C\C/C=C\C/C=C\C/C=C\C/C=C\CCCC(=O)OCC(COP(=O)(O)OCC(O)COP(=O)(O)OCC(COC(=O)CCCCCCCC/C=C\C/C=C\C/C=C\CCCCC)OC(=O)CCCCCCC/C=C\CCCCCCCC)OC(=O)CCCCCCCCCCCCCCCCC. The van der Waals surface area contributed by atoms with Gasteiger partial charge in [0.15, 0.2) is 12.2 Å². The van der Waals surface area contributed by atoms with Crippen molar-refractivity contribution in [2.75, 3.05) is 39.6 Å². The monoisotopic (exact) mass is 1530 g/mol. The fraction of sp³-hybridized carbons (Fsp3) is 0.747. The van der Waals surface area contributed by atoms with E-state index in [9.17, 15) is 43.2 Å². The van der Waals surface area contributed by atoms with Gasteiger partial charge in [0.1, 0.15) is 19.3 Å². The fourth-order valence-corrected chi connectivity index (χ4v) is 12.9. The van der Waals surface area contributed by atoms with Gasteiger partial charge in [0.05, 0.1) is 26.4 Å². The van der Waals surface area contributed by atoms with Crippen molar-refractivity contribution < 1.29 is 80.2 Å². The van der Waals surface area contributed by atoms with Gasteiger partial charge >= 0.3 is 39.5 Å². The molecule has 0 saturated carbocycles. The normalized spacial score (nSPS) is 14.4. The molecule has 0 aromatic carbocycles. The van der Waals surface area contributed by atoms with Gasteiger partial charge in [-0.1, -0.05) is 317 Å². The highest BCUT2D eigenvalue weighted by atomic mass is 31.2. The van der Waals surface area contributed by atoms with Gasteiger partial charge in [0.2, 0.25) is 0 Å². The van der Waals surface area contributed by atoms with E-state index in [0.29, 0.717) is 32.1 Å². The van der Waals surface area contributed by atoms with Crippen molar-refractivity contribution in [2.45, 2.75) is 380 Å². The molecule has 0 aromatic heterocycles. The van der Waals surface area contributed by atoms with Crippen LogP contribution in [0.1, 0.15) is 362 Å². The number of hydrogen-bond donors (Lipinski definition) is 3. The Morgan fingerprint density at radius 2 is 0.500 bits per heavy atom. The number of phosphoric ester groups is 2. The van der Waals surface area contributed by atoms with Gasteiger partial charge < -0.3 is 33.8 Å². The first-order valence-electron chi connectivity index (χ1n) is 42.1. The summed E-state index contributed by atoms with van der Waals surface area (Å²) in [5.74, 6) is -2.24. The summed E-state index contributed by atoms with van der Waals surface area (Å²) >= 11 is 0. The number of aliphatic hydroxyl groups is 1. The highest BCUT2D eigenvalue weighted by Crippen LogP contribution is 2.45. The number of carbonyl (C=O) groups is 4. The third kappa shape index (κ3) is 77.9. The highest BCUT2D eigenvalue weighted by molar-refractivity contribution is 7.47. The molecule has 3 N–H and O–H groups in total. The number of aliphatic hydroxyl groups excluding tert-OH is 1. The van der Waals surface area contributed by atoms with E-state index < -0.39 is 97.5 Å². The van der Waals surface area contributed by atoms with Crippen LogP contribution < -0.4 is 0 Å². The molecule has 0 amide bonds. The van der Waals surface area contributed by atoms with Crippen molar-refractivity contribution in [1.82, 2.24) is 0 Å². The van der Waals surface area contributed by atoms with E-state index in [1.165, 1.54) is 122 Å². The van der Waals surface area contributed by atoms with E-state index in [1.54, 1.807) is 0 Å². The lowest BCUT2D eigenvalue weighted by Crippen LogP contribution is -2.30. The van der Waals surface area contributed by atoms with Crippen molar-refractivity contribution in [2.24, 2.45) is 0 Å². The second-order valence-corrected chi connectivity index (χ2v) is 30.9. The molecule has 0 spiro atoms. The molecule has 0 heterocycles. The quantitative estimate of drug-likeness (QED) is 0.0169. The Morgan fingerprint density at radius 1 is 0.274 bits per heavy atom. The Morgan fingerprint density at radius 3 is 0.821 bits per heavy atom. The van der Waals surface area contributed by atoms with E-state index >= 15 is 0 Å². The predicted octanol–water partition coefficient (Wildman–Crippen LogP) is 24.9. The number of esters is 4. The van der Waals surface area contributed by atoms with Gasteiger partial charge in [-0.2, -0.15) is 0 Å². The number of unbranched alkanes of at least 4 members (excludes halogenated alkanes) is 35. The van der Waals surface area contributed by atoms with Crippen molar-refractivity contribution in [3.8, 4) is 0 Å². The maximum Gasteiger partial charge on any atom is 0.472 e. The number of phosphoric acid groups is 2. The Labute approximate surface area is 645 Å². The average molecular weight is 1530 g/mol. The molecule has 19 heteroatoms. The van der Waals surface area contributed by atoms with Crippen LogP contribution in [0.5, 0.6) is 0 Å². The van der Waals surface area contributed by atoms with Gasteiger partial charge in [-0.25, -0.2) is 9.13 Å². The summed E-state index contributed by atoms with van der Waals surface area (Å²) in [5.41, 5.74) is 0. The minimum Gasteiger partial charge on any atom is -0.462 e. The highest BCUT2D eigenvalue weighted by Gasteiger charge is 2.30. The summed E-state index contributed by atoms with van der Waals surface area (Å²) < 4.78 is 68.7. The lowest BCUT2D eigenvalue weighted by Gasteiger charge is -2.21. The zero-order valence-electron chi connectivity index (χ0n) is 67.1. The van der Waals surface area contributed by atoms with Crippen LogP contribution in [-0.2, 0) is 65.4 Å². The number of carbonyl (C=O) groups excluding carboxylic acids is 4. The molecule has 5 unspecified atom stereocenters. The zero-order valence-corrected chi connectivity index (χ0v) is 68.9. The second kappa shape index (κ2) is 78.8. The average Bonchev–Trinajstić information content (AvgIpc) is 0.928. The summed E-state index contributed by atoms with van der Waals surface area (Å²) in [4.78, 5) is 73.2. The molecule has 0 saturated heterocycles. The summed E-state index contributed by atoms with van der Waals surface area (Å²) in [7, 11) is -9.98. The Bertz CT molecular complexity index is 2430. The molecule has 0 rings (SSSR count). The summed E-state index contributed by atoms with van der Waals surface area (Å²) in [5, 5.41) is 10.7. The number of allylic oxidation sites excluding steroid dienone is 18. The first kappa shape index (κ1) is 102. The first-order valence-corrected chi connectivity index (χ1v) is 45.1. The molecule has 0 aromatic rings. The van der Waals surface area contributed by atoms with E-state index in [2.05, 4.69) is 125 Å². The summed E-state index contributed by atoms with van der Waals surface area (Å²) in [6.07, 6.45) is 86.3. The van der Waals surface area contributed by atoms with Gasteiger partial charge in [0, 0.05) is 25.7 Å². The minimum absolute atomic E-state index is 0.0812. The lowest BCUT2D eigenvalue weighted by atomic mass is 10.0. The third-order valence-electron chi connectivity index (χ3n) is 17.7. The smallest absolute Gasteiger partial charge is 0.462 e. The van der Waals surface area contributed by atoms with Crippen LogP contribution in [0.25, 0.3) is 0 Å². The Kier molecular flexibility index (Phi) is 75.6. The maximum atomic E-state index is 13.1. The van der Waals surface area contributed by atoms with E-state index in [0.717, 1.165) is 154 Å².